The lowest BCUT2D eigenvalue weighted by Crippen LogP contribution is -2.82. The first-order valence-corrected chi connectivity index (χ1v) is 7.22. The summed E-state index contributed by atoms with van der Waals surface area (Å²) in [6.45, 7) is 7.62. The predicted octanol–water partition coefficient (Wildman–Crippen LogP) is 0.360. The highest BCUT2D eigenvalue weighted by Crippen LogP contribution is 2.57. The molecule has 0 spiro atoms. The Morgan fingerprint density at radius 3 is 2.79 bits per heavy atom. The van der Waals surface area contributed by atoms with Gasteiger partial charge in [-0.3, -0.25) is 4.79 Å². The van der Waals surface area contributed by atoms with E-state index in [0.717, 1.165) is 19.4 Å². The minimum atomic E-state index is -0.858. The zero-order chi connectivity index (χ0) is 14.3. The molecule has 19 heavy (non-hydrogen) atoms. The Balaban J connectivity index is 2.23. The normalized spacial score (nSPS) is 36.3. The smallest absolute Gasteiger partial charge is 0.243 e. The van der Waals surface area contributed by atoms with Crippen LogP contribution >= 0.6 is 0 Å². The van der Waals surface area contributed by atoms with Gasteiger partial charge >= 0.3 is 0 Å². The molecule has 1 saturated carbocycles. The van der Waals surface area contributed by atoms with Crippen molar-refractivity contribution in [1.29, 1.82) is 0 Å². The highest BCUT2D eigenvalue weighted by molar-refractivity contribution is 5.89. The van der Waals surface area contributed by atoms with Crippen molar-refractivity contribution in [2.45, 2.75) is 45.3 Å². The number of hydrogen-bond donors (Lipinski definition) is 2. The van der Waals surface area contributed by atoms with Crippen LogP contribution in [0.4, 0.5) is 0 Å². The van der Waals surface area contributed by atoms with Crippen LogP contribution in [0.1, 0.15) is 33.6 Å². The predicted molar refractivity (Wildman–Crippen MR) is 72.5 cm³/mol. The van der Waals surface area contributed by atoms with E-state index in [9.17, 15) is 4.79 Å². The van der Waals surface area contributed by atoms with Gasteiger partial charge in [-0.15, -0.1) is 0 Å². The summed E-state index contributed by atoms with van der Waals surface area (Å²) < 4.78 is 5.81. The van der Waals surface area contributed by atoms with Gasteiger partial charge in [-0.1, -0.05) is 13.8 Å². The summed E-state index contributed by atoms with van der Waals surface area (Å²) in [5.74, 6) is 0.0669. The van der Waals surface area contributed by atoms with E-state index in [1.165, 1.54) is 0 Å². The summed E-state index contributed by atoms with van der Waals surface area (Å²) in [5.41, 5.74) is 5.33. The van der Waals surface area contributed by atoms with Gasteiger partial charge in [0, 0.05) is 31.0 Å². The molecule has 110 valence electrons. The second kappa shape index (κ2) is 5.04. The molecule has 2 fully saturated rings. The number of carbonyl (C=O) groups excluding carboxylic acids is 1. The van der Waals surface area contributed by atoms with Crippen LogP contribution < -0.4 is 5.73 Å². The maximum atomic E-state index is 12.8. The van der Waals surface area contributed by atoms with Crippen LogP contribution in [-0.4, -0.2) is 53.9 Å². The van der Waals surface area contributed by atoms with Gasteiger partial charge in [-0.05, 0) is 19.8 Å². The van der Waals surface area contributed by atoms with Crippen molar-refractivity contribution in [3.05, 3.63) is 0 Å². The number of nitrogens with zero attached hydrogens (tertiary/aromatic N) is 1. The second-order valence-corrected chi connectivity index (χ2v) is 6.24. The van der Waals surface area contributed by atoms with Crippen molar-refractivity contribution < 1.29 is 14.6 Å². The Morgan fingerprint density at radius 2 is 2.21 bits per heavy atom. The van der Waals surface area contributed by atoms with E-state index in [1.54, 1.807) is 4.90 Å². The molecule has 1 aliphatic heterocycles. The second-order valence-electron chi connectivity index (χ2n) is 6.24. The van der Waals surface area contributed by atoms with Crippen molar-refractivity contribution in [3.8, 4) is 0 Å². The lowest BCUT2D eigenvalue weighted by molar-refractivity contribution is -0.230. The molecule has 2 rings (SSSR count). The van der Waals surface area contributed by atoms with E-state index in [0.29, 0.717) is 13.1 Å². The van der Waals surface area contributed by atoms with E-state index >= 15 is 0 Å². The maximum absolute atomic E-state index is 12.8. The molecule has 0 radical (unpaired) electrons. The average Bonchev–Trinajstić information content (AvgIpc) is 2.43. The molecule has 3 N–H and O–H groups in total. The largest absolute Gasteiger partial charge is 0.395 e. The number of ether oxygens (including phenoxy) is 1. The minimum Gasteiger partial charge on any atom is -0.395 e. The van der Waals surface area contributed by atoms with Crippen molar-refractivity contribution in [3.63, 3.8) is 0 Å². The van der Waals surface area contributed by atoms with Crippen molar-refractivity contribution in [2.75, 3.05) is 26.3 Å². The minimum absolute atomic E-state index is 0.0271. The number of nitrogens with two attached hydrogens (primary N) is 1. The molecule has 5 heteroatoms. The molecule has 0 aromatic heterocycles. The summed E-state index contributed by atoms with van der Waals surface area (Å²) in [6.07, 6.45) is 2.01. The SMILES string of the molecule is CCN(CCO)C(=O)C1(N)C2CCCOC2C1(C)C. The fraction of sp³-hybridized carbons (Fsp3) is 0.929. The number of amides is 1. The molecular formula is C14H26N2O3. The summed E-state index contributed by atoms with van der Waals surface area (Å²) >= 11 is 0. The Hall–Kier alpha value is -0.650. The molecule has 5 nitrogen and oxygen atoms in total. The van der Waals surface area contributed by atoms with Gasteiger partial charge in [-0.25, -0.2) is 0 Å². The fourth-order valence-electron chi connectivity index (χ4n) is 3.80. The van der Waals surface area contributed by atoms with E-state index in [-0.39, 0.29) is 30.0 Å². The van der Waals surface area contributed by atoms with Crippen molar-refractivity contribution in [2.24, 2.45) is 17.1 Å². The summed E-state index contributed by atoms with van der Waals surface area (Å²) in [5, 5.41) is 9.08. The number of rotatable bonds is 4. The van der Waals surface area contributed by atoms with E-state index in [2.05, 4.69) is 0 Å². The first-order chi connectivity index (χ1) is 8.91. The molecule has 3 unspecified atom stereocenters. The number of aliphatic hydroxyl groups is 1. The zero-order valence-electron chi connectivity index (χ0n) is 12.2. The first-order valence-electron chi connectivity index (χ1n) is 7.22. The van der Waals surface area contributed by atoms with Gasteiger partial charge in [0.25, 0.3) is 0 Å². The zero-order valence-corrected chi connectivity index (χ0v) is 12.2. The monoisotopic (exact) mass is 270 g/mol. The number of aliphatic hydroxyl groups excluding tert-OH is 1. The molecule has 3 atom stereocenters. The Labute approximate surface area is 115 Å². The topological polar surface area (TPSA) is 75.8 Å². The molecule has 2 aliphatic rings. The quantitative estimate of drug-likeness (QED) is 0.773. The van der Waals surface area contributed by atoms with E-state index < -0.39 is 5.54 Å². The molecular weight excluding hydrogens is 244 g/mol. The fourth-order valence-corrected chi connectivity index (χ4v) is 3.80. The highest BCUT2D eigenvalue weighted by Gasteiger charge is 2.70. The van der Waals surface area contributed by atoms with Crippen LogP contribution in [0.5, 0.6) is 0 Å². The number of fused-ring (bicyclic) bond motifs is 1. The van der Waals surface area contributed by atoms with Gasteiger partial charge in [0.15, 0.2) is 0 Å². The van der Waals surface area contributed by atoms with Crippen LogP contribution in [0.25, 0.3) is 0 Å². The number of hydrogen-bond acceptors (Lipinski definition) is 4. The third-order valence-corrected chi connectivity index (χ3v) is 5.08. The summed E-state index contributed by atoms with van der Waals surface area (Å²) in [6, 6.07) is 0. The average molecular weight is 270 g/mol. The molecule has 0 bridgehead atoms. The van der Waals surface area contributed by atoms with Crippen LogP contribution in [-0.2, 0) is 9.53 Å². The molecule has 1 heterocycles. The van der Waals surface area contributed by atoms with Gasteiger partial charge in [0.05, 0.1) is 12.7 Å². The van der Waals surface area contributed by atoms with Gasteiger partial charge in [0.2, 0.25) is 5.91 Å². The van der Waals surface area contributed by atoms with Crippen LogP contribution in [0.15, 0.2) is 0 Å². The Bertz CT molecular complexity index is 359. The number of likely N-dealkylation sites (N-methyl/N-ethyl adjacent to an activating group) is 1. The molecule has 0 aromatic carbocycles. The van der Waals surface area contributed by atoms with Crippen LogP contribution in [0.3, 0.4) is 0 Å². The van der Waals surface area contributed by atoms with Gasteiger partial charge < -0.3 is 20.5 Å². The molecule has 1 saturated heterocycles. The van der Waals surface area contributed by atoms with Crippen LogP contribution in [0.2, 0.25) is 0 Å². The molecule has 1 amide bonds. The lowest BCUT2D eigenvalue weighted by atomic mass is 9.46. The Morgan fingerprint density at radius 1 is 1.53 bits per heavy atom. The summed E-state index contributed by atoms with van der Waals surface area (Å²) in [4.78, 5) is 14.4. The van der Waals surface area contributed by atoms with Crippen molar-refractivity contribution >= 4 is 5.91 Å². The maximum Gasteiger partial charge on any atom is 0.243 e. The Kier molecular flexibility index (Phi) is 3.91. The first kappa shape index (κ1) is 14.8. The highest BCUT2D eigenvalue weighted by atomic mass is 16.5. The third kappa shape index (κ3) is 1.90. The summed E-state index contributed by atoms with van der Waals surface area (Å²) in [7, 11) is 0. The molecule has 1 aliphatic carbocycles. The van der Waals surface area contributed by atoms with E-state index in [1.807, 2.05) is 20.8 Å². The third-order valence-electron chi connectivity index (χ3n) is 5.08. The van der Waals surface area contributed by atoms with Gasteiger partial charge in [-0.2, -0.15) is 0 Å². The lowest BCUT2D eigenvalue weighted by Gasteiger charge is -2.65. The standard InChI is InChI=1S/C14H26N2O3/c1-4-16(7-8-17)12(18)14(15)10-6-5-9-19-11(10)13(14,2)3/h10-11,17H,4-9,15H2,1-3H3. The van der Waals surface area contributed by atoms with Crippen LogP contribution in [0, 0.1) is 11.3 Å². The molecule has 0 aromatic rings. The number of carbonyl (C=O) groups is 1. The van der Waals surface area contributed by atoms with Crippen molar-refractivity contribution in [1.82, 2.24) is 4.90 Å². The van der Waals surface area contributed by atoms with Gasteiger partial charge in [0.1, 0.15) is 5.54 Å². The van der Waals surface area contributed by atoms with E-state index in [4.69, 9.17) is 15.6 Å².